The first-order valence-corrected chi connectivity index (χ1v) is 7.93. The number of hydrogen-bond donors (Lipinski definition) is 0. The van der Waals surface area contributed by atoms with E-state index in [0.29, 0.717) is 16.3 Å². The van der Waals surface area contributed by atoms with Crippen LogP contribution in [0.1, 0.15) is 10.6 Å². The standard InChI is InChI=1S/C18H11N3O2S/c19-11-15(10-13-4-2-1-3-5-13)18-20-17(12-24-18)14-6-8-16(9-7-14)21(22)23/h1-10,12H/b15-10+. The van der Waals surface area contributed by atoms with Gasteiger partial charge in [0, 0.05) is 23.1 Å². The molecule has 0 aliphatic heterocycles. The van der Waals surface area contributed by atoms with E-state index < -0.39 is 4.92 Å². The maximum Gasteiger partial charge on any atom is 0.269 e. The first-order chi connectivity index (χ1) is 11.7. The third-order valence-electron chi connectivity index (χ3n) is 3.34. The second kappa shape index (κ2) is 6.86. The summed E-state index contributed by atoms with van der Waals surface area (Å²) in [7, 11) is 0. The lowest BCUT2D eigenvalue weighted by atomic mass is 10.1. The number of allylic oxidation sites excluding steroid dienone is 1. The van der Waals surface area contributed by atoms with Crippen LogP contribution < -0.4 is 0 Å². The molecule has 0 spiro atoms. The monoisotopic (exact) mass is 333 g/mol. The van der Waals surface area contributed by atoms with Gasteiger partial charge in [0.25, 0.3) is 5.69 Å². The number of benzene rings is 2. The molecule has 0 N–H and O–H groups in total. The normalized spacial score (nSPS) is 11.0. The van der Waals surface area contributed by atoms with Gasteiger partial charge in [-0.1, -0.05) is 30.3 Å². The number of nitrogens with zero attached hydrogens (tertiary/aromatic N) is 3. The molecule has 0 amide bonds. The molecule has 0 aliphatic rings. The Bertz CT molecular complexity index is 938. The molecule has 1 heterocycles. The van der Waals surface area contributed by atoms with Gasteiger partial charge in [0.2, 0.25) is 0 Å². The van der Waals surface area contributed by atoms with Crippen molar-refractivity contribution in [1.82, 2.24) is 4.98 Å². The summed E-state index contributed by atoms with van der Waals surface area (Å²) in [6.45, 7) is 0. The molecule has 116 valence electrons. The maximum atomic E-state index is 10.7. The first-order valence-electron chi connectivity index (χ1n) is 7.05. The van der Waals surface area contributed by atoms with Crippen molar-refractivity contribution in [3.8, 4) is 17.3 Å². The molecule has 0 saturated carbocycles. The third-order valence-corrected chi connectivity index (χ3v) is 4.22. The summed E-state index contributed by atoms with van der Waals surface area (Å²) in [5.74, 6) is 0. The Morgan fingerprint density at radius 2 is 1.88 bits per heavy atom. The number of nitro groups is 1. The Labute approximate surface area is 142 Å². The fourth-order valence-electron chi connectivity index (χ4n) is 2.14. The van der Waals surface area contributed by atoms with Gasteiger partial charge in [-0.2, -0.15) is 5.26 Å². The zero-order chi connectivity index (χ0) is 16.9. The Morgan fingerprint density at radius 1 is 1.17 bits per heavy atom. The summed E-state index contributed by atoms with van der Waals surface area (Å²) in [5.41, 5.74) is 2.93. The zero-order valence-corrected chi connectivity index (χ0v) is 13.2. The molecular weight excluding hydrogens is 322 g/mol. The van der Waals surface area contributed by atoms with E-state index >= 15 is 0 Å². The van der Waals surface area contributed by atoms with Crippen LogP contribution in [0.15, 0.2) is 60.0 Å². The minimum Gasteiger partial charge on any atom is -0.258 e. The van der Waals surface area contributed by atoms with Crippen molar-refractivity contribution in [2.75, 3.05) is 0 Å². The number of thiazole rings is 1. The van der Waals surface area contributed by atoms with Crippen molar-refractivity contribution >= 4 is 28.7 Å². The number of aromatic nitrogens is 1. The van der Waals surface area contributed by atoms with Crippen LogP contribution >= 0.6 is 11.3 Å². The number of non-ortho nitro benzene ring substituents is 1. The second-order valence-electron chi connectivity index (χ2n) is 4.92. The predicted octanol–water partition coefficient (Wildman–Crippen LogP) is 4.78. The van der Waals surface area contributed by atoms with E-state index in [-0.39, 0.29) is 5.69 Å². The van der Waals surface area contributed by atoms with Crippen LogP contribution in [0.5, 0.6) is 0 Å². The minimum absolute atomic E-state index is 0.0379. The lowest BCUT2D eigenvalue weighted by Gasteiger charge is -1.97. The van der Waals surface area contributed by atoms with Crippen LogP contribution in [0.3, 0.4) is 0 Å². The van der Waals surface area contributed by atoms with E-state index in [1.54, 1.807) is 18.2 Å². The van der Waals surface area contributed by atoms with E-state index in [2.05, 4.69) is 11.1 Å². The molecule has 0 radical (unpaired) electrons. The van der Waals surface area contributed by atoms with E-state index in [1.807, 2.05) is 35.7 Å². The molecule has 6 heteroatoms. The fourth-order valence-corrected chi connectivity index (χ4v) is 2.94. The van der Waals surface area contributed by atoms with Gasteiger partial charge in [-0.3, -0.25) is 10.1 Å². The Kier molecular flexibility index (Phi) is 4.45. The highest BCUT2D eigenvalue weighted by atomic mass is 32.1. The Hall–Kier alpha value is -3.30. The zero-order valence-electron chi connectivity index (χ0n) is 12.4. The van der Waals surface area contributed by atoms with Crippen molar-refractivity contribution in [1.29, 1.82) is 5.26 Å². The van der Waals surface area contributed by atoms with Crippen molar-refractivity contribution in [3.63, 3.8) is 0 Å². The average molecular weight is 333 g/mol. The smallest absolute Gasteiger partial charge is 0.258 e. The summed E-state index contributed by atoms with van der Waals surface area (Å²) in [6.07, 6.45) is 1.79. The van der Waals surface area contributed by atoms with Crippen LogP contribution in [-0.4, -0.2) is 9.91 Å². The molecule has 0 aliphatic carbocycles. The molecule has 0 saturated heterocycles. The molecule has 1 aromatic heterocycles. The summed E-state index contributed by atoms with van der Waals surface area (Å²) in [4.78, 5) is 14.7. The van der Waals surface area contributed by atoms with Crippen molar-refractivity contribution < 1.29 is 4.92 Å². The second-order valence-corrected chi connectivity index (χ2v) is 5.78. The highest BCUT2D eigenvalue weighted by Gasteiger charge is 2.11. The quantitative estimate of drug-likeness (QED) is 0.391. The number of rotatable bonds is 4. The Balaban J connectivity index is 1.91. The molecular formula is C18H11N3O2S. The number of nitriles is 1. The van der Waals surface area contributed by atoms with Gasteiger partial charge in [-0.25, -0.2) is 4.98 Å². The van der Waals surface area contributed by atoms with Crippen LogP contribution in [0, 0.1) is 21.4 Å². The molecule has 0 bridgehead atoms. The lowest BCUT2D eigenvalue weighted by Crippen LogP contribution is -1.87. The van der Waals surface area contributed by atoms with Crippen molar-refractivity contribution in [2.45, 2.75) is 0 Å². The van der Waals surface area contributed by atoms with Crippen molar-refractivity contribution in [3.05, 3.63) is 80.7 Å². The molecule has 3 aromatic rings. The highest BCUT2D eigenvalue weighted by molar-refractivity contribution is 7.11. The summed E-state index contributed by atoms with van der Waals surface area (Å²) >= 11 is 1.37. The highest BCUT2D eigenvalue weighted by Crippen LogP contribution is 2.28. The van der Waals surface area contributed by atoms with Gasteiger partial charge in [-0.05, 0) is 23.8 Å². The SMILES string of the molecule is N#C/C(=C\c1ccccc1)c1nc(-c2ccc([N+](=O)[O-])cc2)cs1. The van der Waals surface area contributed by atoms with Crippen LogP contribution in [0.2, 0.25) is 0 Å². The van der Waals surface area contributed by atoms with Gasteiger partial charge >= 0.3 is 0 Å². The lowest BCUT2D eigenvalue weighted by molar-refractivity contribution is -0.384. The van der Waals surface area contributed by atoms with Gasteiger partial charge in [-0.15, -0.1) is 11.3 Å². The van der Waals surface area contributed by atoms with E-state index in [1.165, 1.54) is 23.5 Å². The largest absolute Gasteiger partial charge is 0.269 e. The average Bonchev–Trinajstić information content (AvgIpc) is 3.10. The molecule has 3 rings (SSSR count). The predicted molar refractivity (Wildman–Crippen MR) is 94.1 cm³/mol. The number of hydrogen-bond acceptors (Lipinski definition) is 5. The summed E-state index contributed by atoms with van der Waals surface area (Å²) in [6, 6.07) is 17.9. The van der Waals surface area contributed by atoms with E-state index in [0.717, 1.165) is 11.1 Å². The molecule has 2 aromatic carbocycles. The van der Waals surface area contributed by atoms with E-state index in [9.17, 15) is 15.4 Å². The molecule has 0 unspecified atom stereocenters. The van der Waals surface area contributed by atoms with Gasteiger partial charge < -0.3 is 0 Å². The van der Waals surface area contributed by atoms with Gasteiger partial charge in [0.05, 0.1) is 16.2 Å². The topological polar surface area (TPSA) is 79.8 Å². The molecule has 24 heavy (non-hydrogen) atoms. The summed E-state index contributed by atoms with van der Waals surface area (Å²) < 4.78 is 0. The van der Waals surface area contributed by atoms with Crippen LogP contribution in [0.25, 0.3) is 22.9 Å². The molecule has 0 fully saturated rings. The maximum absolute atomic E-state index is 10.7. The fraction of sp³-hybridized carbons (Fsp3) is 0. The van der Waals surface area contributed by atoms with Crippen molar-refractivity contribution in [2.24, 2.45) is 0 Å². The Morgan fingerprint density at radius 3 is 2.50 bits per heavy atom. The van der Waals surface area contributed by atoms with Gasteiger partial charge in [0.1, 0.15) is 11.1 Å². The van der Waals surface area contributed by atoms with Crippen LogP contribution in [0.4, 0.5) is 5.69 Å². The summed E-state index contributed by atoms with van der Waals surface area (Å²) in [5, 5.41) is 22.6. The molecule has 5 nitrogen and oxygen atoms in total. The molecule has 0 atom stereocenters. The number of nitro benzene ring substituents is 1. The third kappa shape index (κ3) is 3.37. The van der Waals surface area contributed by atoms with Gasteiger partial charge in [0.15, 0.2) is 0 Å². The first kappa shape index (κ1) is 15.6. The van der Waals surface area contributed by atoms with E-state index in [4.69, 9.17) is 0 Å². The minimum atomic E-state index is -0.438. The van der Waals surface area contributed by atoms with Crippen LogP contribution in [-0.2, 0) is 0 Å².